The molecule has 6 heteroatoms. The van der Waals surface area contributed by atoms with E-state index in [4.69, 9.17) is 4.74 Å². The van der Waals surface area contributed by atoms with Crippen LogP contribution in [0.15, 0.2) is 36.5 Å². The predicted octanol–water partition coefficient (Wildman–Crippen LogP) is 3.92. The van der Waals surface area contributed by atoms with Crippen molar-refractivity contribution in [2.75, 3.05) is 19.6 Å². The van der Waals surface area contributed by atoms with Crippen molar-refractivity contribution in [1.82, 2.24) is 20.1 Å². The van der Waals surface area contributed by atoms with Crippen molar-refractivity contribution >= 4 is 11.0 Å². The minimum atomic E-state index is -0.383. The van der Waals surface area contributed by atoms with Gasteiger partial charge in [0.15, 0.2) is 17.2 Å². The number of aromatic amines is 1. The highest BCUT2D eigenvalue weighted by Crippen LogP contribution is 2.31. The Morgan fingerprint density at radius 2 is 1.92 bits per heavy atom. The van der Waals surface area contributed by atoms with Gasteiger partial charge in [-0.25, -0.2) is 9.37 Å². The summed E-state index contributed by atoms with van der Waals surface area (Å²) in [6, 6.07) is 8.17. The van der Waals surface area contributed by atoms with Gasteiger partial charge in [0.2, 0.25) is 0 Å². The molecule has 4 rings (SSSR count). The zero-order valence-corrected chi connectivity index (χ0v) is 14.0. The van der Waals surface area contributed by atoms with Crippen molar-refractivity contribution < 1.29 is 9.13 Å². The maximum atomic E-state index is 13.9. The largest absolute Gasteiger partial charge is 0.453 e. The molecule has 0 unspecified atom stereocenters. The van der Waals surface area contributed by atoms with Crippen LogP contribution in [-0.4, -0.2) is 39.7 Å². The standard InChI is InChI=1S/C19H21FN4O/c20-14-6-2-3-7-16(14)25-17-8-10-21-19-18(17)15(22-23-19)9-13-24-11-4-1-5-12-24/h2-3,6-8,10H,1,4-5,9,11-13H2,(H,21,22,23). The van der Waals surface area contributed by atoms with Crippen molar-refractivity contribution in [1.29, 1.82) is 0 Å². The molecule has 0 atom stereocenters. The molecule has 5 nitrogen and oxygen atoms in total. The lowest BCUT2D eigenvalue weighted by Gasteiger charge is -2.26. The molecular formula is C19H21FN4O. The molecule has 1 aliphatic rings. The van der Waals surface area contributed by atoms with E-state index in [1.54, 1.807) is 30.5 Å². The van der Waals surface area contributed by atoms with Gasteiger partial charge < -0.3 is 9.64 Å². The van der Waals surface area contributed by atoms with Crippen LogP contribution in [0, 0.1) is 5.82 Å². The van der Waals surface area contributed by atoms with Gasteiger partial charge in [0.1, 0.15) is 5.75 Å². The molecule has 0 bridgehead atoms. The summed E-state index contributed by atoms with van der Waals surface area (Å²) in [6.45, 7) is 3.29. The number of pyridine rings is 1. The van der Waals surface area contributed by atoms with Crippen LogP contribution in [0.25, 0.3) is 11.0 Å². The third kappa shape index (κ3) is 3.49. The van der Waals surface area contributed by atoms with Gasteiger partial charge in [-0.05, 0) is 44.1 Å². The van der Waals surface area contributed by atoms with E-state index in [-0.39, 0.29) is 11.6 Å². The van der Waals surface area contributed by atoms with Gasteiger partial charge in [-0.3, -0.25) is 5.10 Å². The quantitative estimate of drug-likeness (QED) is 0.765. The van der Waals surface area contributed by atoms with Crippen molar-refractivity contribution in [3.8, 4) is 11.5 Å². The summed E-state index contributed by atoms with van der Waals surface area (Å²) in [5.74, 6) is 0.404. The van der Waals surface area contributed by atoms with E-state index in [0.29, 0.717) is 11.4 Å². The van der Waals surface area contributed by atoms with Crippen molar-refractivity contribution in [3.63, 3.8) is 0 Å². The van der Waals surface area contributed by atoms with E-state index in [1.807, 2.05) is 0 Å². The fourth-order valence-electron chi connectivity index (χ4n) is 3.34. The lowest BCUT2D eigenvalue weighted by atomic mass is 10.1. The summed E-state index contributed by atoms with van der Waals surface area (Å²) >= 11 is 0. The minimum Gasteiger partial charge on any atom is -0.453 e. The number of hydrogen-bond donors (Lipinski definition) is 1. The second kappa shape index (κ2) is 7.19. The first-order valence-electron chi connectivity index (χ1n) is 8.78. The van der Waals surface area contributed by atoms with E-state index in [2.05, 4.69) is 20.1 Å². The molecule has 0 radical (unpaired) electrons. The zero-order chi connectivity index (χ0) is 17.1. The van der Waals surface area contributed by atoms with E-state index in [0.717, 1.165) is 37.1 Å². The first-order valence-corrected chi connectivity index (χ1v) is 8.78. The van der Waals surface area contributed by atoms with Crippen LogP contribution in [0.4, 0.5) is 4.39 Å². The number of likely N-dealkylation sites (tertiary alicyclic amines) is 1. The van der Waals surface area contributed by atoms with E-state index in [1.165, 1.54) is 25.3 Å². The van der Waals surface area contributed by atoms with Crippen molar-refractivity contribution in [3.05, 3.63) is 48.0 Å². The molecule has 25 heavy (non-hydrogen) atoms. The van der Waals surface area contributed by atoms with Crippen LogP contribution in [0.2, 0.25) is 0 Å². The smallest absolute Gasteiger partial charge is 0.184 e. The van der Waals surface area contributed by atoms with Gasteiger partial charge in [-0.2, -0.15) is 5.10 Å². The lowest BCUT2D eigenvalue weighted by Crippen LogP contribution is -2.31. The summed E-state index contributed by atoms with van der Waals surface area (Å²) in [5, 5.41) is 8.20. The van der Waals surface area contributed by atoms with Crippen molar-refractivity contribution in [2.24, 2.45) is 0 Å². The number of para-hydroxylation sites is 1. The number of halogens is 1. The molecule has 2 aromatic heterocycles. The fraction of sp³-hybridized carbons (Fsp3) is 0.368. The highest BCUT2D eigenvalue weighted by Gasteiger charge is 2.16. The summed E-state index contributed by atoms with van der Waals surface area (Å²) in [4.78, 5) is 6.77. The second-order valence-electron chi connectivity index (χ2n) is 6.39. The first kappa shape index (κ1) is 16.0. The van der Waals surface area contributed by atoms with E-state index < -0.39 is 0 Å². The summed E-state index contributed by atoms with van der Waals surface area (Å²) in [6.07, 6.45) is 6.34. The van der Waals surface area contributed by atoms with E-state index >= 15 is 0 Å². The molecule has 1 saturated heterocycles. The van der Waals surface area contributed by atoms with Gasteiger partial charge in [-0.1, -0.05) is 18.6 Å². The number of nitrogens with one attached hydrogen (secondary N) is 1. The molecule has 0 saturated carbocycles. The minimum absolute atomic E-state index is 0.207. The molecule has 0 spiro atoms. The monoisotopic (exact) mass is 340 g/mol. The third-order valence-corrected chi connectivity index (χ3v) is 4.67. The molecular weight excluding hydrogens is 319 g/mol. The molecule has 3 aromatic rings. The maximum absolute atomic E-state index is 13.9. The number of H-pyrrole nitrogens is 1. The average Bonchev–Trinajstić information content (AvgIpc) is 3.07. The van der Waals surface area contributed by atoms with Crippen LogP contribution in [0.3, 0.4) is 0 Å². The number of piperidine rings is 1. The molecule has 0 amide bonds. The normalized spacial score (nSPS) is 15.6. The number of nitrogens with zero attached hydrogens (tertiary/aromatic N) is 3. The van der Waals surface area contributed by atoms with Crippen LogP contribution in [0.1, 0.15) is 25.0 Å². The maximum Gasteiger partial charge on any atom is 0.184 e. The van der Waals surface area contributed by atoms with Gasteiger partial charge in [0.05, 0.1) is 5.39 Å². The van der Waals surface area contributed by atoms with Gasteiger partial charge in [0, 0.05) is 24.9 Å². The molecule has 0 aliphatic carbocycles. The number of rotatable bonds is 5. The summed E-state index contributed by atoms with van der Waals surface area (Å²) < 4.78 is 19.7. The van der Waals surface area contributed by atoms with Crippen LogP contribution < -0.4 is 4.74 Å². The Morgan fingerprint density at radius 3 is 2.76 bits per heavy atom. The Kier molecular flexibility index (Phi) is 4.61. The number of aromatic nitrogens is 3. The predicted molar refractivity (Wildman–Crippen MR) is 94.4 cm³/mol. The Balaban J connectivity index is 1.59. The number of benzene rings is 1. The second-order valence-corrected chi connectivity index (χ2v) is 6.39. The highest BCUT2D eigenvalue weighted by atomic mass is 19.1. The van der Waals surface area contributed by atoms with E-state index in [9.17, 15) is 4.39 Å². The highest BCUT2D eigenvalue weighted by molar-refractivity contribution is 5.84. The number of ether oxygens (including phenoxy) is 1. The fourth-order valence-corrected chi connectivity index (χ4v) is 3.34. The van der Waals surface area contributed by atoms with Crippen molar-refractivity contribution in [2.45, 2.75) is 25.7 Å². The van der Waals surface area contributed by atoms with Gasteiger partial charge in [-0.15, -0.1) is 0 Å². The first-order chi connectivity index (χ1) is 12.3. The molecule has 1 N–H and O–H groups in total. The molecule has 1 fully saturated rings. The van der Waals surface area contributed by atoms with Gasteiger partial charge in [0.25, 0.3) is 0 Å². The molecule has 3 heterocycles. The molecule has 1 aliphatic heterocycles. The Labute approximate surface area is 145 Å². The lowest BCUT2D eigenvalue weighted by molar-refractivity contribution is 0.231. The SMILES string of the molecule is Fc1ccccc1Oc1ccnc2n[nH]c(CCN3CCCCC3)c12. The Morgan fingerprint density at radius 1 is 1.08 bits per heavy atom. The summed E-state index contributed by atoms with van der Waals surface area (Å²) in [5.41, 5.74) is 1.59. The van der Waals surface area contributed by atoms with Gasteiger partial charge >= 0.3 is 0 Å². The van der Waals surface area contributed by atoms with Crippen LogP contribution in [0.5, 0.6) is 11.5 Å². The zero-order valence-electron chi connectivity index (χ0n) is 14.0. The van der Waals surface area contributed by atoms with Crippen LogP contribution in [-0.2, 0) is 6.42 Å². The summed E-state index contributed by atoms with van der Waals surface area (Å²) in [7, 11) is 0. The topological polar surface area (TPSA) is 54.0 Å². The molecule has 1 aromatic carbocycles. The Hall–Kier alpha value is -2.47. The average molecular weight is 340 g/mol. The Bertz CT molecular complexity index is 858. The van der Waals surface area contributed by atoms with Crippen LogP contribution >= 0.6 is 0 Å². The molecule has 130 valence electrons. The number of hydrogen-bond acceptors (Lipinski definition) is 4. The third-order valence-electron chi connectivity index (χ3n) is 4.67. The number of fused-ring (bicyclic) bond motifs is 1.